The summed E-state index contributed by atoms with van der Waals surface area (Å²) in [7, 11) is 0. The van der Waals surface area contributed by atoms with Crippen molar-refractivity contribution in [3.63, 3.8) is 0 Å². The smallest absolute Gasteiger partial charge is 0.141 e. The minimum absolute atomic E-state index is 0.296. The molecule has 4 aliphatic heterocycles. The van der Waals surface area contributed by atoms with Crippen LogP contribution in [0.1, 0.15) is 49.4 Å². The summed E-state index contributed by atoms with van der Waals surface area (Å²) in [6.07, 6.45) is 5.31. The first kappa shape index (κ1) is 20.5. The van der Waals surface area contributed by atoms with E-state index in [9.17, 15) is 5.11 Å². The monoisotopic (exact) mass is 415 g/mol. The van der Waals surface area contributed by atoms with Crippen LogP contribution in [0.3, 0.4) is 0 Å². The van der Waals surface area contributed by atoms with Gasteiger partial charge in [-0.2, -0.15) is 0 Å². The molecule has 1 N–H and O–H groups in total. The van der Waals surface area contributed by atoms with Crippen LogP contribution in [0.4, 0.5) is 5.82 Å². The lowest BCUT2D eigenvalue weighted by Gasteiger charge is -2.47. The SMILES string of the molecule is CC1CCN(c2ccc(C#CC3(O)CN4CCC3CC4)c(Cc3ccccc3)n2)CC1. The molecule has 0 radical (unpaired) electrons. The number of nitrogens with zero attached hydrogens (tertiary/aromatic N) is 3. The summed E-state index contributed by atoms with van der Waals surface area (Å²) in [4.78, 5) is 9.84. The highest BCUT2D eigenvalue weighted by molar-refractivity contribution is 5.49. The van der Waals surface area contributed by atoms with Gasteiger partial charge >= 0.3 is 0 Å². The highest BCUT2D eigenvalue weighted by atomic mass is 16.3. The maximum atomic E-state index is 11.2. The van der Waals surface area contributed by atoms with Gasteiger partial charge in [0.15, 0.2) is 0 Å². The Labute approximate surface area is 186 Å². The van der Waals surface area contributed by atoms with Crippen LogP contribution >= 0.6 is 0 Å². The van der Waals surface area contributed by atoms with Crippen molar-refractivity contribution in [2.24, 2.45) is 11.8 Å². The first-order valence-electron chi connectivity index (χ1n) is 11.9. The van der Waals surface area contributed by atoms with Crippen LogP contribution in [-0.4, -0.2) is 53.3 Å². The summed E-state index contributed by atoms with van der Waals surface area (Å²) in [5.41, 5.74) is 2.31. The number of pyridine rings is 1. The van der Waals surface area contributed by atoms with E-state index in [1.807, 2.05) is 6.07 Å². The molecule has 0 amide bonds. The fraction of sp³-hybridized carbons (Fsp3) is 0.519. The Morgan fingerprint density at radius 1 is 1.00 bits per heavy atom. The van der Waals surface area contributed by atoms with Crippen LogP contribution in [0.2, 0.25) is 0 Å². The van der Waals surface area contributed by atoms with Crippen LogP contribution in [0.15, 0.2) is 42.5 Å². The molecular formula is C27H33N3O. The summed E-state index contributed by atoms with van der Waals surface area (Å²) < 4.78 is 0. The maximum Gasteiger partial charge on any atom is 0.141 e. The molecule has 4 nitrogen and oxygen atoms in total. The molecule has 1 aromatic carbocycles. The van der Waals surface area contributed by atoms with Gasteiger partial charge in [-0.3, -0.25) is 4.90 Å². The van der Waals surface area contributed by atoms with Gasteiger partial charge in [0.2, 0.25) is 0 Å². The second kappa shape index (κ2) is 8.65. The number of rotatable bonds is 3. The topological polar surface area (TPSA) is 39.6 Å². The number of piperidine rings is 4. The van der Waals surface area contributed by atoms with Gasteiger partial charge in [-0.1, -0.05) is 49.1 Å². The molecule has 1 aromatic heterocycles. The predicted molar refractivity (Wildman–Crippen MR) is 125 cm³/mol. The van der Waals surface area contributed by atoms with Crippen molar-refractivity contribution in [3.05, 3.63) is 59.3 Å². The van der Waals surface area contributed by atoms with Crippen LogP contribution in [0.5, 0.6) is 0 Å². The van der Waals surface area contributed by atoms with Gasteiger partial charge in [-0.15, -0.1) is 0 Å². The highest BCUT2D eigenvalue weighted by Gasteiger charge is 2.44. The molecule has 31 heavy (non-hydrogen) atoms. The number of aliphatic hydroxyl groups is 1. The summed E-state index contributed by atoms with van der Waals surface area (Å²) in [6, 6.07) is 14.7. The predicted octanol–water partition coefficient (Wildman–Crippen LogP) is 3.72. The Kier molecular flexibility index (Phi) is 5.73. The molecule has 4 fully saturated rings. The first-order valence-corrected chi connectivity index (χ1v) is 11.9. The van der Waals surface area contributed by atoms with E-state index in [2.05, 4.69) is 65.0 Å². The minimum Gasteiger partial charge on any atom is -0.376 e. The Morgan fingerprint density at radius 2 is 1.74 bits per heavy atom. The molecule has 4 heteroatoms. The fourth-order valence-electron chi connectivity index (χ4n) is 5.30. The number of benzene rings is 1. The lowest BCUT2D eigenvalue weighted by atomic mass is 9.75. The standard InChI is InChI=1S/C27H33N3O/c1-21-10-17-30(18-11-21)26-8-7-23(25(28-26)19-22-5-3-2-4-6-22)9-14-27(31)20-29-15-12-24(27)13-16-29/h2-8,21,24,31H,10-13,15-20H2,1H3. The summed E-state index contributed by atoms with van der Waals surface area (Å²) in [5.74, 6) is 8.80. The van der Waals surface area contributed by atoms with Crippen molar-refractivity contribution >= 4 is 5.82 Å². The van der Waals surface area contributed by atoms with E-state index >= 15 is 0 Å². The Morgan fingerprint density at radius 3 is 2.42 bits per heavy atom. The van der Waals surface area contributed by atoms with Gasteiger partial charge < -0.3 is 10.0 Å². The molecule has 0 spiro atoms. The van der Waals surface area contributed by atoms with Crippen molar-refractivity contribution in [1.29, 1.82) is 0 Å². The molecule has 1 atom stereocenters. The van der Waals surface area contributed by atoms with E-state index in [-0.39, 0.29) is 0 Å². The van der Waals surface area contributed by atoms with Crippen molar-refractivity contribution in [3.8, 4) is 11.8 Å². The number of hydrogen-bond donors (Lipinski definition) is 1. The third-order valence-corrected chi connectivity index (χ3v) is 7.42. The second-order valence-electron chi connectivity index (χ2n) is 9.72. The molecule has 162 valence electrons. The zero-order valence-corrected chi connectivity index (χ0v) is 18.6. The van der Waals surface area contributed by atoms with Crippen molar-refractivity contribution < 1.29 is 5.11 Å². The molecule has 1 unspecified atom stereocenters. The summed E-state index contributed by atoms with van der Waals surface area (Å²) >= 11 is 0. The number of aromatic nitrogens is 1. The van der Waals surface area contributed by atoms with Crippen LogP contribution in [0, 0.1) is 23.7 Å². The third-order valence-electron chi connectivity index (χ3n) is 7.42. The molecule has 4 aliphatic rings. The second-order valence-corrected chi connectivity index (χ2v) is 9.72. The van der Waals surface area contributed by atoms with E-state index in [1.165, 1.54) is 18.4 Å². The van der Waals surface area contributed by atoms with Crippen LogP contribution < -0.4 is 4.90 Å². The van der Waals surface area contributed by atoms with E-state index in [4.69, 9.17) is 4.98 Å². The number of hydrogen-bond acceptors (Lipinski definition) is 4. The molecule has 5 heterocycles. The Hall–Kier alpha value is -2.35. The zero-order chi connectivity index (χ0) is 21.3. The maximum absolute atomic E-state index is 11.2. The van der Waals surface area contributed by atoms with Gasteiger partial charge in [0.25, 0.3) is 0 Å². The average molecular weight is 416 g/mol. The quantitative estimate of drug-likeness (QED) is 0.776. The Balaban J connectivity index is 1.45. The van der Waals surface area contributed by atoms with E-state index < -0.39 is 5.60 Å². The number of anilines is 1. The van der Waals surface area contributed by atoms with Crippen LogP contribution in [0.25, 0.3) is 0 Å². The van der Waals surface area contributed by atoms with Crippen molar-refractivity contribution in [1.82, 2.24) is 9.88 Å². The van der Waals surface area contributed by atoms with Crippen molar-refractivity contribution in [2.45, 2.75) is 44.6 Å². The van der Waals surface area contributed by atoms with E-state index in [1.54, 1.807) is 0 Å². The van der Waals surface area contributed by atoms with Crippen molar-refractivity contribution in [2.75, 3.05) is 37.6 Å². The molecule has 0 saturated carbocycles. The molecular weight excluding hydrogens is 382 g/mol. The van der Waals surface area contributed by atoms with Gasteiger partial charge in [-0.05, 0) is 62.4 Å². The molecule has 6 rings (SSSR count). The summed E-state index contributed by atoms with van der Waals surface area (Å²) in [6.45, 7) is 7.35. The molecule has 2 aromatic rings. The lowest BCUT2D eigenvalue weighted by molar-refractivity contribution is -0.0713. The molecule has 0 aliphatic carbocycles. The Bertz CT molecular complexity index is 963. The van der Waals surface area contributed by atoms with Gasteiger partial charge in [-0.25, -0.2) is 4.98 Å². The number of fused-ring (bicyclic) bond motifs is 3. The van der Waals surface area contributed by atoms with Crippen LogP contribution in [-0.2, 0) is 6.42 Å². The van der Waals surface area contributed by atoms with E-state index in [0.29, 0.717) is 12.5 Å². The zero-order valence-electron chi connectivity index (χ0n) is 18.6. The molecule has 2 bridgehead atoms. The largest absolute Gasteiger partial charge is 0.376 e. The first-order chi connectivity index (χ1) is 15.1. The average Bonchev–Trinajstić information content (AvgIpc) is 2.80. The third kappa shape index (κ3) is 4.49. The summed E-state index contributed by atoms with van der Waals surface area (Å²) in [5, 5.41) is 11.2. The van der Waals surface area contributed by atoms with Gasteiger partial charge in [0.1, 0.15) is 11.4 Å². The minimum atomic E-state index is -0.887. The normalized spacial score (nSPS) is 28.3. The fourth-order valence-corrected chi connectivity index (χ4v) is 5.30. The highest BCUT2D eigenvalue weighted by Crippen LogP contribution is 2.35. The van der Waals surface area contributed by atoms with Gasteiger partial charge in [0.05, 0.1) is 5.69 Å². The molecule has 4 saturated heterocycles. The van der Waals surface area contributed by atoms with E-state index in [0.717, 1.165) is 68.4 Å². The lowest BCUT2D eigenvalue weighted by Crippen LogP contribution is -2.58. The van der Waals surface area contributed by atoms with Gasteiger partial charge in [0, 0.05) is 37.5 Å².